The third-order valence-electron chi connectivity index (χ3n) is 4.03. The Bertz CT molecular complexity index is 786. The van der Waals surface area contributed by atoms with Gasteiger partial charge in [0.05, 0.1) is 0 Å². The van der Waals surface area contributed by atoms with E-state index in [1.54, 1.807) is 6.33 Å². The average molecular weight is 358 g/mol. The molecule has 3 heterocycles. The highest BCUT2D eigenvalue weighted by Gasteiger charge is 2.23. The van der Waals surface area contributed by atoms with Crippen molar-refractivity contribution in [2.24, 2.45) is 0 Å². The molecular formula is C16H16BrN5. The first kappa shape index (κ1) is 13.7. The fourth-order valence-electron chi connectivity index (χ4n) is 2.98. The largest absolute Gasteiger partial charge is 0.352 e. The molecule has 1 unspecified atom stereocenters. The van der Waals surface area contributed by atoms with Crippen LogP contribution in [0, 0.1) is 0 Å². The van der Waals surface area contributed by atoms with Gasteiger partial charge in [-0.05, 0) is 27.6 Å². The molecule has 1 saturated heterocycles. The maximum absolute atomic E-state index is 4.52. The summed E-state index contributed by atoms with van der Waals surface area (Å²) < 4.78 is 2.88. The molecule has 5 nitrogen and oxygen atoms in total. The predicted octanol–water partition coefficient (Wildman–Crippen LogP) is 2.64. The quantitative estimate of drug-likeness (QED) is 0.765. The van der Waals surface area contributed by atoms with Crippen molar-refractivity contribution < 1.29 is 0 Å². The molecule has 0 bridgehead atoms. The van der Waals surface area contributed by atoms with Crippen LogP contribution in [0.5, 0.6) is 0 Å². The molecule has 1 fully saturated rings. The Hall–Kier alpha value is -1.92. The number of halogens is 1. The summed E-state index contributed by atoms with van der Waals surface area (Å²) in [5, 5.41) is 7.86. The van der Waals surface area contributed by atoms with Crippen molar-refractivity contribution in [1.29, 1.82) is 0 Å². The Morgan fingerprint density at radius 2 is 2.09 bits per heavy atom. The predicted molar refractivity (Wildman–Crippen MR) is 90.1 cm³/mol. The maximum atomic E-state index is 4.52. The molecule has 0 saturated carbocycles. The number of aromatic nitrogens is 3. The standard InChI is InChI=1S/C16H16BrN5/c17-13-8-15-16(19-11-20-22(15)9-13)21-7-6-18-14(10-21)12-4-2-1-3-5-12/h1-5,8-9,11,14,18H,6-7,10H2. The molecule has 1 aliphatic rings. The SMILES string of the molecule is Brc1cc2c(N3CCNC(c4ccccc4)C3)ncnn2c1. The number of hydrogen-bond acceptors (Lipinski definition) is 4. The van der Waals surface area contributed by atoms with Crippen LogP contribution in [0.3, 0.4) is 0 Å². The Morgan fingerprint density at radius 1 is 1.23 bits per heavy atom. The zero-order valence-electron chi connectivity index (χ0n) is 12.0. The van der Waals surface area contributed by atoms with Gasteiger partial charge >= 0.3 is 0 Å². The summed E-state index contributed by atoms with van der Waals surface area (Å²) in [7, 11) is 0. The second-order valence-electron chi connectivity index (χ2n) is 5.44. The van der Waals surface area contributed by atoms with Crippen molar-refractivity contribution in [2.45, 2.75) is 6.04 Å². The van der Waals surface area contributed by atoms with E-state index in [9.17, 15) is 0 Å². The van der Waals surface area contributed by atoms with Crippen LogP contribution in [-0.2, 0) is 0 Å². The van der Waals surface area contributed by atoms with Crippen molar-refractivity contribution in [3.8, 4) is 0 Å². The maximum Gasteiger partial charge on any atom is 0.156 e. The fraction of sp³-hybridized carbons (Fsp3) is 0.250. The molecular weight excluding hydrogens is 342 g/mol. The van der Waals surface area contributed by atoms with Crippen LogP contribution in [-0.4, -0.2) is 34.2 Å². The van der Waals surface area contributed by atoms with Gasteiger partial charge in [-0.1, -0.05) is 30.3 Å². The van der Waals surface area contributed by atoms with E-state index in [0.717, 1.165) is 35.4 Å². The van der Waals surface area contributed by atoms with Gasteiger partial charge in [-0.3, -0.25) is 0 Å². The average Bonchev–Trinajstić information content (AvgIpc) is 2.96. The zero-order valence-corrected chi connectivity index (χ0v) is 13.6. The molecule has 0 spiro atoms. The van der Waals surface area contributed by atoms with Crippen LogP contribution < -0.4 is 10.2 Å². The van der Waals surface area contributed by atoms with Gasteiger partial charge in [-0.25, -0.2) is 9.50 Å². The first-order chi connectivity index (χ1) is 10.8. The van der Waals surface area contributed by atoms with Crippen LogP contribution in [0.25, 0.3) is 5.52 Å². The number of rotatable bonds is 2. The molecule has 1 aliphatic heterocycles. The molecule has 1 atom stereocenters. The molecule has 22 heavy (non-hydrogen) atoms. The second-order valence-corrected chi connectivity index (χ2v) is 6.35. The lowest BCUT2D eigenvalue weighted by molar-refractivity contribution is 0.469. The number of nitrogens with zero attached hydrogens (tertiary/aromatic N) is 4. The van der Waals surface area contributed by atoms with Crippen molar-refractivity contribution >= 4 is 27.3 Å². The van der Waals surface area contributed by atoms with Gasteiger partial charge in [0.25, 0.3) is 0 Å². The highest BCUT2D eigenvalue weighted by atomic mass is 79.9. The zero-order chi connectivity index (χ0) is 14.9. The van der Waals surface area contributed by atoms with Gasteiger partial charge < -0.3 is 10.2 Å². The minimum atomic E-state index is 0.323. The van der Waals surface area contributed by atoms with Gasteiger partial charge in [0.1, 0.15) is 11.8 Å². The van der Waals surface area contributed by atoms with E-state index >= 15 is 0 Å². The van der Waals surface area contributed by atoms with Crippen LogP contribution in [0.15, 0.2) is 53.4 Å². The minimum Gasteiger partial charge on any atom is -0.352 e. The molecule has 4 rings (SSSR count). The summed E-state index contributed by atoms with van der Waals surface area (Å²) in [5.41, 5.74) is 2.34. The van der Waals surface area contributed by atoms with Crippen molar-refractivity contribution in [3.05, 3.63) is 59.0 Å². The highest BCUT2D eigenvalue weighted by Crippen LogP contribution is 2.26. The number of anilines is 1. The van der Waals surface area contributed by atoms with E-state index in [-0.39, 0.29) is 0 Å². The number of piperazine rings is 1. The molecule has 0 radical (unpaired) electrons. The summed E-state index contributed by atoms with van der Waals surface area (Å²) in [5.74, 6) is 0.989. The Balaban J connectivity index is 1.67. The number of benzene rings is 1. The van der Waals surface area contributed by atoms with Crippen LogP contribution in [0.1, 0.15) is 11.6 Å². The third kappa shape index (κ3) is 2.48. The van der Waals surface area contributed by atoms with Gasteiger partial charge in [0, 0.05) is 36.3 Å². The molecule has 0 amide bonds. The normalized spacial score (nSPS) is 18.8. The van der Waals surface area contributed by atoms with Crippen molar-refractivity contribution in [3.63, 3.8) is 0 Å². The topological polar surface area (TPSA) is 45.5 Å². The first-order valence-electron chi connectivity index (χ1n) is 7.33. The summed E-state index contributed by atoms with van der Waals surface area (Å²) in [6.07, 6.45) is 3.58. The Morgan fingerprint density at radius 3 is 2.95 bits per heavy atom. The van der Waals surface area contributed by atoms with Gasteiger partial charge in [0.15, 0.2) is 5.82 Å². The van der Waals surface area contributed by atoms with Crippen molar-refractivity contribution in [1.82, 2.24) is 19.9 Å². The molecule has 0 aliphatic carbocycles. The molecule has 1 aromatic carbocycles. The van der Waals surface area contributed by atoms with E-state index in [4.69, 9.17) is 0 Å². The van der Waals surface area contributed by atoms with Gasteiger partial charge in [-0.15, -0.1) is 0 Å². The number of nitrogens with one attached hydrogen (secondary N) is 1. The van der Waals surface area contributed by atoms with E-state index in [1.165, 1.54) is 5.56 Å². The van der Waals surface area contributed by atoms with E-state index in [0.29, 0.717) is 6.04 Å². The lowest BCUT2D eigenvalue weighted by atomic mass is 10.0. The highest BCUT2D eigenvalue weighted by molar-refractivity contribution is 9.10. The van der Waals surface area contributed by atoms with E-state index in [2.05, 4.69) is 72.6 Å². The van der Waals surface area contributed by atoms with Gasteiger partial charge in [-0.2, -0.15) is 5.10 Å². The van der Waals surface area contributed by atoms with Crippen LogP contribution >= 0.6 is 15.9 Å². The van der Waals surface area contributed by atoms with E-state index in [1.807, 2.05) is 10.7 Å². The Labute approximate surface area is 137 Å². The summed E-state index contributed by atoms with van der Waals surface area (Å²) in [6.45, 7) is 2.79. The fourth-order valence-corrected chi connectivity index (χ4v) is 3.39. The molecule has 1 N–H and O–H groups in total. The summed E-state index contributed by atoms with van der Waals surface area (Å²) in [4.78, 5) is 6.85. The molecule has 112 valence electrons. The third-order valence-corrected chi connectivity index (χ3v) is 4.46. The van der Waals surface area contributed by atoms with E-state index < -0.39 is 0 Å². The van der Waals surface area contributed by atoms with Gasteiger partial charge in [0.2, 0.25) is 0 Å². The first-order valence-corrected chi connectivity index (χ1v) is 8.13. The molecule has 2 aromatic heterocycles. The smallest absolute Gasteiger partial charge is 0.156 e. The summed E-state index contributed by atoms with van der Waals surface area (Å²) in [6, 6.07) is 13.0. The van der Waals surface area contributed by atoms with Crippen molar-refractivity contribution in [2.75, 3.05) is 24.5 Å². The summed E-state index contributed by atoms with van der Waals surface area (Å²) >= 11 is 3.51. The monoisotopic (exact) mass is 357 g/mol. The second kappa shape index (κ2) is 5.70. The minimum absolute atomic E-state index is 0.323. The molecule has 3 aromatic rings. The van der Waals surface area contributed by atoms with Crippen LogP contribution in [0.2, 0.25) is 0 Å². The lowest BCUT2D eigenvalue weighted by Crippen LogP contribution is -2.46. The van der Waals surface area contributed by atoms with Crippen LogP contribution in [0.4, 0.5) is 5.82 Å². The Kier molecular flexibility index (Phi) is 3.56. The number of fused-ring (bicyclic) bond motifs is 1. The number of hydrogen-bond donors (Lipinski definition) is 1. The molecule has 6 heteroatoms. The lowest BCUT2D eigenvalue weighted by Gasteiger charge is -2.34.